The first-order chi connectivity index (χ1) is 8.16. The van der Waals surface area contributed by atoms with Crippen LogP contribution in [0.25, 0.3) is 0 Å². The Balaban J connectivity index is 2.01. The lowest BCUT2D eigenvalue weighted by molar-refractivity contribution is 0.310. The lowest BCUT2D eigenvalue weighted by Gasteiger charge is -2.30. The Bertz CT molecular complexity index is 408. The lowest BCUT2D eigenvalue weighted by Crippen LogP contribution is -2.40. The molecule has 17 heavy (non-hydrogen) atoms. The van der Waals surface area contributed by atoms with E-state index in [0.29, 0.717) is 22.5 Å². The molecule has 2 nitrogen and oxygen atoms in total. The molecule has 1 aromatic rings. The first-order valence-corrected chi connectivity index (χ1v) is 6.50. The predicted octanol–water partition coefficient (Wildman–Crippen LogP) is 3.06. The van der Waals surface area contributed by atoms with Crippen LogP contribution in [0.2, 0.25) is 0 Å². The van der Waals surface area contributed by atoms with E-state index in [9.17, 15) is 4.39 Å². The second kappa shape index (κ2) is 5.54. The molecule has 0 spiro atoms. The van der Waals surface area contributed by atoms with E-state index in [1.807, 2.05) is 0 Å². The molecular formula is C13H17FN2S. The molecule has 2 rings (SSSR count). The van der Waals surface area contributed by atoms with Crippen LogP contribution in [-0.2, 0) is 0 Å². The third-order valence-electron chi connectivity index (χ3n) is 3.42. The fourth-order valence-electron chi connectivity index (χ4n) is 2.33. The zero-order chi connectivity index (χ0) is 12.3. The predicted molar refractivity (Wildman–Crippen MR) is 70.5 cm³/mol. The Morgan fingerprint density at radius 3 is 2.94 bits per heavy atom. The molecule has 0 aliphatic heterocycles. The van der Waals surface area contributed by atoms with Crippen molar-refractivity contribution >= 4 is 17.2 Å². The summed E-state index contributed by atoms with van der Waals surface area (Å²) in [6, 6.07) is 3.54. The summed E-state index contributed by atoms with van der Waals surface area (Å²) < 4.78 is 13.0. The van der Waals surface area contributed by atoms with Crippen molar-refractivity contribution in [1.82, 2.24) is 10.3 Å². The van der Waals surface area contributed by atoms with Gasteiger partial charge in [-0.2, -0.15) is 4.39 Å². The molecule has 1 aliphatic rings. The molecule has 1 saturated carbocycles. The van der Waals surface area contributed by atoms with Gasteiger partial charge in [-0.05, 0) is 24.8 Å². The highest BCUT2D eigenvalue weighted by Crippen LogP contribution is 2.24. The Kier molecular flexibility index (Phi) is 4.05. The number of nitrogens with one attached hydrogen (secondary N) is 1. The number of hydrogen-bond donors (Lipinski definition) is 1. The highest BCUT2D eigenvalue weighted by atomic mass is 32.1. The zero-order valence-electron chi connectivity index (χ0n) is 9.95. The molecule has 0 radical (unpaired) electrons. The van der Waals surface area contributed by atoms with Gasteiger partial charge < -0.3 is 5.32 Å². The molecule has 1 aromatic heterocycles. The Morgan fingerprint density at radius 2 is 2.24 bits per heavy atom. The van der Waals surface area contributed by atoms with Crippen molar-refractivity contribution in [3.05, 3.63) is 29.8 Å². The lowest BCUT2D eigenvalue weighted by atomic mass is 9.86. The van der Waals surface area contributed by atoms with Crippen LogP contribution in [0, 0.1) is 11.9 Å². The summed E-state index contributed by atoms with van der Waals surface area (Å²) in [5.41, 5.74) is 0.713. The van der Waals surface area contributed by atoms with Crippen LogP contribution >= 0.6 is 12.2 Å². The highest BCUT2D eigenvalue weighted by molar-refractivity contribution is 7.80. The molecular weight excluding hydrogens is 235 g/mol. The molecule has 0 saturated heterocycles. The summed E-state index contributed by atoms with van der Waals surface area (Å²) in [5.74, 6) is 0.150. The van der Waals surface area contributed by atoms with Crippen LogP contribution in [0.1, 0.15) is 38.2 Å². The van der Waals surface area contributed by atoms with Crippen molar-refractivity contribution in [2.24, 2.45) is 5.92 Å². The van der Waals surface area contributed by atoms with Crippen molar-refractivity contribution in [3.63, 3.8) is 0 Å². The second-order valence-corrected chi connectivity index (χ2v) is 5.12. The van der Waals surface area contributed by atoms with Crippen LogP contribution in [0.5, 0.6) is 0 Å². The molecule has 1 aliphatic carbocycles. The van der Waals surface area contributed by atoms with E-state index < -0.39 is 5.95 Å². The molecule has 0 unspecified atom stereocenters. The Labute approximate surface area is 107 Å². The van der Waals surface area contributed by atoms with Gasteiger partial charge in [0.2, 0.25) is 5.95 Å². The largest absolute Gasteiger partial charge is 0.373 e. The maximum Gasteiger partial charge on any atom is 0.213 e. The summed E-state index contributed by atoms with van der Waals surface area (Å²) >= 11 is 5.31. The van der Waals surface area contributed by atoms with Gasteiger partial charge in [0.1, 0.15) is 4.99 Å². The Morgan fingerprint density at radius 1 is 1.47 bits per heavy atom. The summed E-state index contributed by atoms with van der Waals surface area (Å²) in [4.78, 5) is 4.16. The van der Waals surface area contributed by atoms with Crippen LogP contribution in [0.4, 0.5) is 4.39 Å². The van der Waals surface area contributed by atoms with Crippen LogP contribution in [0.3, 0.4) is 0 Å². The molecule has 0 aromatic carbocycles. The number of nitrogens with zero attached hydrogens (tertiary/aromatic N) is 1. The maximum absolute atomic E-state index is 13.0. The fraction of sp³-hybridized carbons (Fsp3) is 0.538. The standard InChI is InChI=1S/C13H17FN2S/c1-9-4-2-3-5-11(9)16-13(17)10-6-7-15-12(14)8-10/h6-9,11H,2-5H2,1H3,(H,16,17)/t9-,11-/m1/s1. The first kappa shape index (κ1) is 12.4. The van der Waals surface area contributed by atoms with Crippen LogP contribution in [-0.4, -0.2) is 16.0 Å². The summed E-state index contributed by atoms with van der Waals surface area (Å²) in [6.07, 6.45) is 6.38. The molecule has 1 fully saturated rings. The average molecular weight is 252 g/mol. The number of thiocarbonyl (C=S) groups is 1. The van der Waals surface area contributed by atoms with E-state index >= 15 is 0 Å². The van der Waals surface area contributed by atoms with Crippen LogP contribution < -0.4 is 5.32 Å². The maximum atomic E-state index is 13.0. The molecule has 4 heteroatoms. The number of aromatic nitrogens is 1. The van der Waals surface area contributed by atoms with Gasteiger partial charge in [0.05, 0.1) is 0 Å². The van der Waals surface area contributed by atoms with Gasteiger partial charge in [-0.25, -0.2) is 4.98 Å². The quantitative estimate of drug-likeness (QED) is 0.647. The third kappa shape index (κ3) is 3.22. The minimum atomic E-state index is -0.483. The van der Waals surface area contributed by atoms with Gasteiger partial charge in [0.25, 0.3) is 0 Å². The molecule has 0 amide bonds. The van der Waals surface area contributed by atoms with E-state index in [4.69, 9.17) is 12.2 Å². The van der Waals surface area contributed by atoms with Gasteiger partial charge in [-0.1, -0.05) is 32.0 Å². The van der Waals surface area contributed by atoms with Gasteiger partial charge >= 0.3 is 0 Å². The van der Waals surface area contributed by atoms with E-state index in [1.165, 1.54) is 31.5 Å². The van der Waals surface area contributed by atoms with Crippen molar-refractivity contribution in [2.45, 2.75) is 38.6 Å². The van der Waals surface area contributed by atoms with Crippen molar-refractivity contribution in [3.8, 4) is 0 Å². The summed E-state index contributed by atoms with van der Waals surface area (Å²) in [6.45, 7) is 2.24. The molecule has 1 N–H and O–H groups in total. The van der Waals surface area contributed by atoms with Gasteiger partial charge in [-0.15, -0.1) is 0 Å². The summed E-state index contributed by atoms with van der Waals surface area (Å²) in [7, 11) is 0. The number of hydrogen-bond acceptors (Lipinski definition) is 2. The fourth-order valence-corrected chi connectivity index (χ4v) is 2.60. The molecule has 0 bridgehead atoms. The molecule has 1 heterocycles. The zero-order valence-corrected chi connectivity index (χ0v) is 10.8. The number of halogens is 1. The van der Waals surface area contributed by atoms with Gasteiger partial charge in [0, 0.05) is 23.9 Å². The van der Waals surface area contributed by atoms with Gasteiger partial charge in [0.15, 0.2) is 0 Å². The van der Waals surface area contributed by atoms with Crippen molar-refractivity contribution in [1.29, 1.82) is 0 Å². The summed E-state index contributed by atoms with van der Waals surface area (Å²) in [5, 5.41) is 3.35. The Hall–Kier alpha value is -1.03. The average Bonchev–Trinajstić information content (AvgIpc) is 2.32. The molecule has 92 valence electrons. The normalized spacial score (nSPS) is 24.4. The topological polar surface area (TPSA) is 24.9 Å². The smallest absolute Gasteiger partial charge is 0.213 e. The van der Waals surface area contributed by atoms with E-state index in [1.54, 1.807) is 6.07 Å². The van der Waals surface area contributed by atoms with Crippen molar-refractivity contribution < 1.29 is 4.39 Å². The third-order valence-corrected chi connectivity index (χ3v) is 3.77. The van der Waals surface area contributed by atoms with E-state index in [2.05, 4.69) is 17.2 Å². The number of pyridine rings is 1. The molecule has 2 atom stereocenters. The number of rotatable bonds is 2. The van der Waals surface area contributed by atoms with E-state index in [-0.39, 0.29) is 0 Å². The van der Waals surface area contributed by atoms with Crippen molar-refractivity contribution in [2.75, 3.05) is 0 Å². The minimum Gasteiger partial charge on any atom is -0.373 e. The monoisotopic (exact) mass is 252 g/mol. The SMILES string of the molecule is C[C@@H]1CCCC[C@H]1NC(=S)c1ccnc(F)c1. The highest BCUT2D eigenvalue weighted by Gasteiger charge is 2.21. The second-order valence-electron chi connectivity index (χ2n) is 4.71. The first-order valence-electron chi connectivity index (χ1n) is 6.09. The van der Waals surface area contributed by atoms with Crippen LogP contribution in [0.15, 0.2) is 18.3 Å². The van der Waals surface area contributed by atoms with E-state index in [0.717, 1.165) is 6.42 Å². The minimum absolute atomic E-state index is 0.424. The van der Waals surface area contributed by atoms with Gasteiger partial charge in [-0.3, -0.25) is 0 Å².